The molecule has 0 amide bonds. The van der Waals surface area contributed by atoms with Gasteiger partial charge in [-0.25, -0.2) is 5.01 Å². The van der Waals surface area contributed by atoms with Gasteiger partial charge in [-0.2, -0.15) is 0 Å². The van der Waals surface area contributed by atoms with Crippen molar-refractivity contribution in [1.82, 2.24) is 10.4 Å². The summed E-state index contributed by atoms with van der Waals surface area (Å²) >= 11 is 0. The lowest BCUT2D eigenvalue weighted by Crippen LogP contribution is -2.42. The highest BCUT2D eigenvalue weighted by molar-refractivity contribution is 4.62. The Balaban J connectivity index is 3.61. The van der Waals surface area contributed by atoms with E-state index in [0.29, 0.717) is 6.04 Å². The first-order valence-electron chi connectivity index (χ1n) is 4.82. The largest absolute Gasteiger partial charge is 0.380 e. The molecule has 0 saturated heterocycles. The molecule has 3 heteroatoms. The quantitative estimate of drug-likeness (QED) is 0.451. The Morgan fingerprint density at radius 1 is 1.25 bits per heavy atom. The van der Waals surface area contributed by atoms with E-state index in [2.05, 4.69) is 19.3 Å². The maximum Gasteiger partial charge on any atom is 0.108 e. The molecule has 3 nitrogen and oxygen atoms in total. The van der Waals surface area contributed by atoms with Gasteiger partial charge in [0.05, 0.1) is 0 Å². The first kappa shape index (κ1) is 11.9. The second-order valence-corrected chi connectivity index (χ2v) is 3.24. The zero-order valence-corrected chi connectivity index (χ0v) is 8.51. The minimum absolute atomic E-state index is 0.0733. The van der Waals surface area contributed by atoms with Gasteiger partial charge in [0.25, 0.3) is 0 Å². The molecule has 0 aliphatic carbocycles. The molecule has 0 bridgehead atoms. The third-order valence-electron chi connectivity index (χ3n) is 1.89. The SMILES string of the molecule is CCCC(CCC)NN(C)CO. The summed E-state index contributed by atoms with van der Waals surface area (Å²) in [5.74, 6) is 0. The van der Waals surface area contributed by atoms with E-state index in [1.807, 2.05) is 7.05 Å². The van der Waals surface area contributed by atoms with E-state index in [0.717, 1.165) is 0 Å². The predicted molar refractivity (Wildman–Crippen MR) is 51.6 cm³/mol. The lowest BCUT2D eigenvalue weighted by atomic mass is 10.1. The van der Waals surface area contributed by atoms with Crippen molar-refractivity contribution in [3.63, 3.8) is 0 Å². The first-order chi connectivity index (χ1) is 5.74. The summed E-state index contributed by atoms with van der Waals surface area (Å²) < 4.78 is 0. The molecule has 12 heavy (non-hydrogen) atoms. The number of nitrogens with one attached hydrogen (secondary N) is 1. The van der Waals surface area contributed by atoms with Gasteiger partial charge in [-0.15, -0.1) is 0 Å². The fraction of sp³-hybridized carbons (Fsp3) is 1.00. The molecule has 0 aromatic heterocycles. The Kier molecular flexibility index (Phi) is 7.45. The molecular formula is C9H22N2O. The van der Waals surface area contributed by atoms with Crippen molar-refractivity contribution >= 4 is 0 Å². The minimum atomic E-state index is 0.0733. The van der Waals surface area contributed by atoms with Crippen molar-refractivity contribution in [2.24, 2.45) is 0 Å². The molecule has 0 aromatic carbocycles. The number of rotatable bonds is 7. The van der Waals surface area contributed by atoms with Crippen LogP contribution in [0.1, 0.15) is 39.5 Å². The van der Waals surface area contributed by atoms with Crippen LogP contribution in [-0.2, 0) is 0 Å². The fourth-order valence-electron chi connectivity index (χ4n) is 1.32. The van der Waals surface area contributed by atoms with Crippen LogP contribution in [0.25, 0.3) is 0 Å². The molecule has 0 atom stereocenters. The smallest absolute Gasteiger partial charge is 0.108 e. The molecule has 0 heterocycles. The number of hydrogen-bond acceptors (Lipinski definition) is 3. The van der Waals surface area contributed by atoms with E-state index in [1.54, 1.807) is 5.01 Å². The van der Waals surface area contributed by atoms with Crippen LogP contribution in [0.3, 0.4) is 0 Å². The molecule has 2 N–H and O–H groups in total. The van der Waals surface area contributed by atoms with Gasteiger partial charge < -0.3 is 5.11 Å². The van der Waals surface area contributed by atoms with E-state index in [-0.39, 0.29) is 6.73 Å². The highest BCUT2D eigenvalue weighted by atomic mass is 16.3. The third-order valence-corrected chi connectivity index (χ3v) is 1.89. The molecule has 0 saturated carbocycles. The highest BCUT2D eigenvalue weighted by Crippen LogP contribution is 2.04. The van der Waals surface area contributed by atoms with Crippen molar-refractivity contribution in [3.05, 3.63) is 0 Å². The highest BCUT2D eigenvalue weighted by Gasteiger charge is 2.07. The predicted octanol–water partition coefficient (Wildman–Crippen LogP) is 1.34. The number of aliphatic hydroxyl groups is 1. The van der Waals surface area contributed by atoms with Crippen molar-refractivity contribution < 1.29 is 5.11 Å². The van der Waals surface area contributed by atoms with Crippen LogP contribution in [0.4, 0.5) is 0 Å². The van der Waals surface area contributed by atoms with Gasteiger partial charge >= 0.3 is 0 Å². The van der Waals surface area contributed by atoms with Gasteiger partial charge in [0.2, 0.25) is 0 Å². The Hall–Kier alpha value is -0.120. The number of nitrogens with zero attached hydrogens (tertiary/aromatic N) is 1. The Bertz CT molecular complexity index is 92.5. The van der Waals surface area contributed by atoms with E-state index >= 15 is 0 Å². The van der Waals surface area contributed by atoms with E-state index in [9.17, 15) is 0 Å². The lowest BCUT2D eigenvalue weighted by molar-refractivity contribution is 0.0671. The summed E-state index contributed by atoms with van der Waals surface area (Å²) in [5, 5.41) is 10.5. The fourth-order valence-corrected chi connectivity index (χ4v) is 1.32. The number of hydrogen-bond donors (Lipinski definition) is 2. The molecule has 0 aliphatic heterocycles. The molecule has 0 spiro atoms. The van der Waals surface area contributed by atoms with Crippen molar-refractivity contribution in [2.45, 2.75) is 45.6 Å². The van der Waals surface area contributed by atoms with Gasteiger partial charge in [0.1, 0.15) is 6.73 Å². The van der Waals surface area contributed by atoms with Crippen LogP contribution in [-0.4, -0.2) is 29.9 Å². The Morgan fingerprint density at radius 3 is 2.08 bits per heavy atom. The van der Waals surface area contributed by atoms with Gasteiger partial charge in [0, 0.05) is 13.1 Å². The summed E-state index contributed by atoms with van der Waals surface area (Å²) in [6.07, 6.45) is 4.74. The van der Waals surface area contributed by atoms with E-state index < -0.39 is 0 Å². The molecule has 0 aliphatic rings. The van der Waals surface area contributed by atoms with Gasteiger partial charge in [-0.3, -0.25) is 5.43 Å². The second-order valence-electron chi connectivity index (χ2n) is 3.24. The van der Waals surface area contributed by atoms with Crippen LogP contribution < -0.4 is 5.43 Å². The summed E-state index contributed by atoms with van der Waals surface area (Å²) in [6, 6.07) is 0.525. The second kappa shape index (κ2) is 7.53. The van der Waals surface area contributed by atoms with Gasteiger partial charge in [-0.05, 0) is 12.8 Å². The maximum atomic E-state index is 8.78. The van der Waals surface area contributed by atoms with Crippen molar-refractivity contribution in [1.29, 1.82) is 0 Å². The standard InChI is InChI=1S/C9H22N2O/c1-4-6-9(7-5-2)10-11(3)8-12/h9-10,12H,4-8H2,1-3H3. The molecule has 74 valence electrons. The van der Waals surface area contributed by atoms with Crippen molar-refractivity contribution in [3.8, 4) is 0 Å². The molecular weight excluding hydrogens is 152 g/mol. The lowest BCUT2D eigenvalue weighted by Gasteiger charge is -2.23. The van der Waals surface area contributed by atoms with Crippen LogP contribution in [0.5, 0.6) is 0 Å². The first-order valence-corrected chi connectivity index (χ1v) is 4.82. The third kappa shape index (κ3) is 5.52. The van der Waals surface area contributed by atoms with E-state index in [4.69, 9.17) is 5.11 Å². The zero-order chi connectivity index (χ0) is 9.40. The van der Waals surface area contributed by atoms with E-state index in [1.165, 1.54) is 25.7 Å². The monoisotopic (exact) mass is 174 g/mol. The normalized spacial score (nSPS) is 11.5. The summed E-state index contributed by atoms with van der Waals surface area (Å²) in [6.45, 7) is 4.44. The molecule has 0 rings (SSSR count). The van der Waals surface area contributed by atoms with Gasteiger partial charge in [-0.1, -0.05) is 26.7 Å². The Morgan fingerprint density at radius 2 is 1.75 bits per heavy atom. The number of hydrazine groups is 1. The molecule has 0 aromatic rings. The molecule has 0 unspecified atom stereocenters. The topological polar surface area (TPSA) is 35.5 Å². The zero-order valence-electron chi connectivity index (χ0n) is 8.51. The molecule has 0 radical (unpaired) electrons. The van der Waals surface area contributed by atoms with Gasteiger partial charge in [0.15, 0.2) is 0 Å². The van der Waals surface area contributed by atoms with Crippen molar-refractivity contribution in [2.75, 3.05) is 13.8 Å². The Labute approximate surface area is 75.7 Å². The number of aliphatic hydroxyl groups excluding tert-OH is 1. The maximum absolute atomic E-state index is 8.78. The molecule has 0 fully saturated rings. The minimum Gasteiger partial charge on any atom is -0.380 e. The average molecular weight is 174 g/mol. The van der Waals surface area contributed by atoms with Crippen LogP contribution >= 0.6 is 0 Å². The van der Waals surface area contributed by atoms with Crippen LogP contribution in [0, 0.1) is 0 Å². The van der Waals surface area contributed by atoms with Crippen LogP contribution in [0.2, 0.25) is 0 Å². The van der Waals surface area contributed by atoms with Crippen LogP contribution in [0.15, 0.2) is 0 Å². The summed E-state index contributed by atoms with van der Waals surface area (Å²) in [7, 11) is 1.86. The summed E-state index contributed by atoms with van der Waals surface area (Å²) in [5.41, 5.74) is 3.25. The average Bonchev–Trinajstić information content (AvgIpc) is 2.05. The summed E-state index contributed by atoms with van der Waals surface area (Å²) in [4.78, 5) is 0.